The number of carbonyl (C=O) groups excluding carboxylic acids is 2. The number of ether oxygens (including phenoxy) is 2. The van der Waals surface area contributed by atoms with Crippen molar-refractivity contribution in [3.8, 4) is 0 Å². The summed E-state index contributed by atoms with van der Waals surface area (Å²) in [5, 5.41) is 0. The van der Waals surface area contributed by atoms with Gasteiger partial charge in [0.2, 0.25) is 0 Å². The van der Waals surface area contributed by atoms with E-state index in [0.717, 1.165) is 38.2 Å². The van der Waals surface area contributed by atoms with E-state index in [1.54, 1.807) is 0 Å². The van der Waals surface area contributed by atoms with Crippen molar-refractivity contribution in [1.82, 2.24) is 0 Å². The summed E-state index contributed by atoms with van der Waals surface area (Å²) >= 11 is 2.44. The van der Waals surface area contributed by atoms with E-state index in [-0.39, 0.29) is 11.9 Å². The molecule has 4 nitrogen and oxygen atoms in total. The van der Waals surface area contributed by atoms with Crippen LogP contribution in [-0.2, 0) is 19.1 Å². The first-order chi connectivity index (χ1) is 9.13. The second-order valence-corrected chi connectivity index (χ2v) is 6.46. The van der Waals surface area contributed by atoms with Gasteiger partial charge in [0.05, 0.1) is 19.1 Å². The van der Waals surface area contributed by atoms with Crippen molar-refractivity contribution in [3.05, 3.63) is 12.7 Å². The van der Waals surface area contributed by atoms with E-state index < -0.39 is 5.97 Å². The molecule has 0 radical (unpaired) electrons. The van der Waals surface area contributed by atoms with E-state index in [1.807, 2.05) is 0 Å². The third-order valence-electron chi connectivity index (χ3n) is 3.18. The SMILES string of the molecule is C=CC(=O)OCCCCOC(=O)C1CCC(I)CC1. The largest absolute Gasteiger partial charge is 0.465 e. The molecule has 0 aromatic heterocycles. The van der Waals surface area contributed by atoms with E-state index >= 15 is 0 Å². The Bertz CT molecular complexity index is 309. The van der Waals surface area contributed by atoms with E-state index in [0.29, 0.717) is 23.6 Å². The smallest absolute Gasteiger partial charge is 0.330 e. The number of unbranched alkanes of at least 4 members (excludes halogenated alkanes) is 1. The summed E-state index contributed by atoms with van der Waals surface area (Å²) in [7, 11) is 0. The molecule has 1 saturated carbocycles. The van der Waals surface area contributed by atoms with Gasteiger partial charge < -0.3 is 9.47 Å². The van der Waals surface area contributed by atoms with Crippen LogP contribution in [0, 0.1) is 5.92 Å². The number of hydrogen-bond donors (Lipinski definition) is 0. The van der Waals surface area contributed by atoms with Crippen LogP contribution in [0.25, 0.3) is 0 Å². The Balaban J connectivity index is 2.01. The van der Waals surface area contributed by atoms with E-state index in [9.17, 15) is 9.59 Å². The highest BCUT2D eigenvalue weighted by Gasteiger charge is 2.25. The molecular formula is C14H21IO4. The maximum atomic E-state index is 11.8. The van der Waals surface area contributed by atoms with Gasteiger partial charge >= 0.3 is 11.9 Å². The zero-order valence-corrected chi connectivity index (χ0v) is 13.3. The summed E-state index contributed by atoms with van der Waals surface area (Å²) in [5.74, 6) is -0.386. The molecule has 19 heavy (non-hydrogen) atoms. The van der Waals surface area contributed by atoms with Crippen LogP contribution in [0.4, 0.5) is 0 Å². The van der Waals surface area contributed by atoms with Gasteiger partial charge in [0.25, 0.3) is 0 Å². The van der Waals surface area contributed by atoms with Gasteiger partial charge in [0.15, 0.2) is 0 Å². The molecule has 5 heteroatoms. The van der Waals surface area contributed by atoms with E-state index in [1.165, 1.54) is 0 Å². The van der Waals surface area contributed by atoms with Crippen LogP contribution in [0.5, 0.6) is 0 Å². The fourth-order valence-electron chi connectivity index (χ4n) is 2.01. The highest BCUT2D eigenvalue weighted by Crippen LogP contribution is 2.29. The average molecular weight is 380 g/mol. The first-order valence-electron chi connectivity index (χ1n) is 6.73. The fraction of sp³-hybridized carbons (Fsp3) is 0.714. The summed E-state index contributed by atoms with van der Waals surface area (Å²) in [5.41, 5.74) is 0. The van der Waals surface area contributed by atoms with Crippen molar-refractivity contribution in [3.63, 3.8) is 0 Å². The summed E-state index contributed by atoms with van der Waals surface area (Å²) in [6.45, 7) is 4.07. The van der Waals surface area contributed by atoms with Crippen molar-refractivity contribution in [2.24, 2.45) is 5.92 Å². The number of halogens is 1. The standard InChI is InChI=1S/C14H21IO4/c1-2-13(16)18-9-3-4-10-19-14(17)11-5-7-12(15)8-6-11/h2,11-12H,1,3-10H2. The summed E-state index contributed by atoms with van der Waals surface area (Å²) in [6.07, 6.45) is 6.68. The third kappa shape index (κ3) is 6.94. The molecular weight excluding hydrogens is 359 g/mol. The van der Waals surface area contributed by atoms with Crippen LogP contribution in [0.3, 0.4) is 0 Å². The minimum absolute atomic E-state index is 0.0635. The van der Waals surface area contributed by atoms with Crippen LogP contribution in [0.2, 0.25) is 0 Å². The van der Waals surface area contributed by atoms with Crippen LogP contribution >= 0.6 is 22.6 Å². The second-order valence-electron chi connectivity index (χ2n) is 4.70. The molecule has 0 atom stereocenters. The maximum Gasteiger partial charge on any atom is 0.330 e. The Kier molecular flexibility index (Phi) is 8.09. The molecule has 0 aromatic rings. The Hall–Kier alpha value is -0.590. The molecule has 0 spiro atoms. The molecule has 1 rings (SSSR count). The van der Waals surface area contributed by atoms with Gasteiger partial charge in [-0.25, -0.2) is 4.79 Å². The molecule has 0 aliphatic heterocycles. The minimum Gasteiger partial charge on any atom is -0.465 e. The highest BCUT2D eigenvalue weighted by molar-refractivity contribution is 14.1. The summed E-state index contributed by atoms with van der Waals surface area (Å²) in [4.78, 5) is 22.5. The highest BCUT2D eigenvalue weighted by atomic mass is 127. The maximum absolute atomic E-state index is 11.8. The van der Waals surface area contributed by atoms with Crippen molar-refractivity contribution in [2.45, 2.75) is 42.4 Å². The number of esters is 2. The van der Waals surface area contributed by atoms with Crippen molar-refractivity contribution in [1.29, 1.82) is 0 Å². The van der Waals surface area contributed by atoms with Gasteiger partial charge in [-0.3, -0.25) is 4.79 Å². The molecule has 1 aliphatic carbocycles. The normalized spacial score (nSPS) is 22.6. The molecule has 0 N–H and O–H groups in total. The predicted molar refractivity (Wildman–Crippen MR) is 81.1 cm³/mol. The number of alkyl halides is 1. The lowest BCUT2D eigenvalue weighted by molar-refractivity contribution is -0.150. The molecule has 0 amide bonds. The second kappa shape index (κ2) is 9.34. The topological polar surface area (TPSA) is 52.6 Å². The third-order valence-corrected chi connectivity index (χ3v) is 4.43. The lowest BCUT2D eigenvalue weighted by atomic mass is 9.89. The van der Waals surface area contributed by atoms with Crippen molar-refractivity contribution in [2.75, 3.05) is 13.2 Å². The van der Waals surface area contributed by atoms with Gasteiger partial charge in [0, 0.05) is 10.0 Å². The van der Waals surface area contributed by atoms with Gasteiger partial charge in [0.1, 0.15) is 0 Å². The zero-order chi connectivity index (χ0) is 14.1. The van der Waals surface area contributed by atoms with Crippen LogP contribution in [-0.4, -0.2) is 29.1 Å². The molecule has 108 valence electrons. The Morgan fingerprint density at radius 2 is 1.68 bits per heavy atom. The first-order valence-corrected chi connectivity index (χ1v) is 7.98. The predicted octanol–water partition coefficient (Wildman–Crippen LogP) is 3.03. The summed E-state index contributed by atoms with van der Waals surface area (Å²) < 4.78 is 10.8. The van der Waals surface area contributed by atoms with E-state index in [2.05, 4.69) is 29.2 Å². The number of rotatable bonds is 7. The first kappa shape index (κ1) is 16.5. The minimum atomic E-state index is -0.410. The quantitative estimate of drug-likeness (QED) is 0.224. The molecule has 0 saturated heterocycles. The van der Waals surface area contributed by atoms with Gasteiger partial charge in [-0.1, -0.05) is 29.2 Å². The van der Waals surface area contributed by atoms with E-state index in [4.69, 9.17) is 9.47 Å². The van der Waals surface area contributed by atoms with Crippen molar-refractivity contribution < 1.29 is 19.1 Å². The molecule has 1 aliphatic rings. The van der Waals surface area contributed by atoms with Crippen LogP contribution in [0.1, 0.15) is 38.5 Å². The average Bonchev–Trinajstić information content (AvgIpc) is 2.42. The van der Waals surface area contributed by atoms with Crippen molar-refractivity contribution >= 4 is 34.5 Å². The Morgan fingerprint density at radius 3 is 2.26 bits per heavy atom. The van der Waals surface area contributed by atoms with Crippen LogP contribution < -0.4 is 0 Å². The fourth-order valence-corrected chi connectivity index (χ4v) is 2.73. The number of hydrogen-bond acceptors (Lipinski definition) is 4. The lowest BCUT2D eigenvalue weighted by Gasteiger charge is -2.23. The zero-order valence-electron chi connectivity index (χ0n) is 11.1. The van der Waals surface area contributed by atoms with Gasteiger partial charge in [-0.05, 0) is 38.5 Å². The lowest BCUT2D eigenvalue weighted by Crippen LogP contribution is -2.24. The van der Waals surface area contributed by atoms with Gasteiger partial charge in [-0.15, -0.1) is 0 Å². The van der Waals surface area contributed by atoms with Crippen LogP contribution in [0.15, 0.2) is 12.7 Å². The molecule has 0 unspecified atom stereocenters. The molecule has 0 heterocycles. The molecule has 0 bridgehead atoms. The summed E-state index contributed by atoms with van der Waals surface area (Å²) in [6, 6.07) is 0. The Morgan fingerprint density at radius 1 is 1.11 bits per heavy atom. The molecule has 1 fully saturated rings. The Labute approximate surface area is 128 Å². The number of carbonyl (C=O) groups is 2. The molecule has 0 aromatic carbocycles. The van der Waals surface area contributed by atoms with Gasteiger partial charge in [-0.2, -0.15) is 0 Å². The monoisotopic (exact) mass is 380 g/mol.